The average Bonchev–Trinajstić information content (AvgIpc) is 2.25. The minimum atomic E-state index is -3.98. The van der Waals surface area contributed by atoms with Crippen LogP contribution in [0, 0.1) is 0 Å². The topological polar surface area (TPSA) is 63.2 Å². The van der Waals surface area contributed by atoms with Gasteiger partial charge in [-0.05, 0) is 12.1 Å². The van der Waals surface area contributed by atoms with Crippen molar-refractivity contribution in [2.75, 3.05) is 0 Å². The number of halogens is 3. The maximum atomic E-state index is 12.2. The summed E-state index contributed by atoms with van der Waals surface area (Å²) in [6.45, 7) is 1.14. The SMILES string of the molecule is CC(=O)N[C@@H](C(Cl)(Cl)Cl)S(=O)(=O)c1ccccc1. The molecule has 0 bridgehead atoms. The monoisotopic (exact) mass is 329 g/mol. The van der Waals surface area contributed by atoms with E-state index in [9.17, 15) is 13.2 Å². The molecule has 0 aliphatic rings. The average molecular weight is 331 g/mol. The molecule has 1 aromatic rings. The molecule has 0 heterocycles. The van der Waals surface area contributed by atoms with Gasteiger partial charge in [0.25, 0.3) is 0 Å². The molecule has 1 N–H and O–H groups in total. The number of carbonyl (C=O) groups excluding carboxylic acids is 1. The molecule has 0 saturated heterocycles. The molecule has 0 aromatic heterocycles. The maximum Gasteiger partial charge on any atom is 0.225 e. The summed E-state index contributed by atoms with van der Waals surface area (Å²) < 4.78 is 22.3. The molecular weight excluding hydrogens is 321 g/mol. The van der Waals surface area contributed by atoms with Crippen LogP contribution in [-0.2, 0) is 14.6 Å². The number of hydrogen-bond donors (Lipinski definition) is 1. The molecule has 0 aliphatic carbocycles. The van der Waals surface area contributed by atoms with Gasteiger partial charge in [-0.3, -0.25) is 4.79 Å². The summed E-state index contributed by atoms with van der Waals surface area (Å²) in [4.78, 5) is 11.0. The van der Waals surface area contributed by atoms with Gasteiger partial charge in [0, 0.05) is 6.92 Å². The first-order chi connectivity index (χ1) is 8.15. The molecule has 100 valence electrons. The van der Waals surface area contributed by atoms with E-state index in [4.69, 9.17) is 34.8 Å². The zero-order valence-electron chi connectivity index (χ0n) is 9.23. The first kappa shape index (κ1) is 15.6. The van der Waals surface area contributed by atoms with E-state index in [0.29, 0.717) is 0 Å². The number of nitrogens with one attached hydrogen (secondary N) is 1. The Morgan fingerprint density at radius 3 is 2.11 bits per heavy atom. The molecule has 1 aromatic carbocycles. The van der Waals surface area contributed by atoms with Crippen LogP contribution in [0.5, 0.6) is 0 Å². The number of alkyl halides is 3. The van der Waals surface area contributed by atoms with E-state index in [2.05, 4.69) is 5.32 Å². The fourth-order valence-electron chi connectivity index (χ4n) is 1.27. The van der Waals surface area contributed by atoms with Crippen LogP contribution in [0.2, 0.25) is 0 Å². The van der Waals surface area contributed by atoms with Gasteiger partial charge in [0.1, 0.15) is 0 Å². The third-order valence-corrected chi connectivity index (χ3v) is 5.08. The molecular formula is C10H10Cl3NO3S. The molecule has 1 rings (SSSR count). The maximum absolute atomic E-state index is 12.2. The molecule has 0 fully saturated rings. The Morgan fingerprint density at radius 2 is 1.72 bits per heavy atom. The van der Waals surface area contributed by atoms with Gasteiger partial charge in [0.15, 0.2) is 5.37 Å². The van der Waals surface area contributed by atoms with E-state index < -0.39 is 24.9 Å². The number of amides is 1. The van der Waals surface area contributed by atoms with Crippen molar-refractivity contribution >= 4 is 50.5 Å². The highest BCUT2D eigenvalue weighted by atomic mass is 35.6. The zero-order valence-corrected chi connectivity index (χ0v) is 12.3. The van der Waals surface area contributed by atoms with Crippen LogP contribution in [0.4, 0.5) is 0 Å². The molecule has 0 radical (unpaired) electrons. The minimum absolute atomic E-state index is 0.0323. The third-order valence-electron chi connectivity index (χ3n) is 2.01. The van der Waals surface area contributed by atoms with E-state index in [0.717, 1.165) is 6.92 Å². The van der Waals surface area contributed by atoms with Gasteiger partial charge >= 0.3 is 0 Å². The van der Waals surface area contributed by atoms with Crippen molar-refractivity contribution in [2.24, 2.45) is 0 Å². The number of hydrogen-bond acceptors (Lipinski definition) is 3. The van der Waals surface area contributed by atoms with Crippen molar-refractivity contribution in [1.29, 1.82) is 0 Å². The Morgan fingerprint density at radius 1 is 1.22 bits per heavy atom. The molecule has 0 spiro atoms. The predicted molar refractivity (Wildman–Crippen MR) is 71.5 cm³/mol. The molecule has 0 aliphatic heterocycles. The number of carbonyl (C=O) groups is 1. The van der Waals surface area contributed by atoms with E-state index in [1.54, 1.807) is 6.07 Å². The number of sulfone groups is 1. The highest BCUT2D eigenvalue weighted by Crippen LogP contribution is 2.35. The second-order valence-electron chi connectivity index (χ2n) is 3.48. The summed E-state index contributed by atoms with van der Waals surface area (Å²) in [5.74, 6) is -0.606. The van der Waals surface area contributed by atoms with Crippen molar-refractivity contribution in [3.8, 4) is 0 Å². The fourth-order valence-corrected chi connectivity index (χ4v) is 3.97. The normalized spacial score (nSPS) is 14.0. The van der Waals surface area contributed by atoms with Crippen LogP contribution in [0.1, 0.15) is 6.92 Å². The van der Waals surface area contributed by atoms with Crippen LogP contribution in [0.25, 0.3) is 0 Å². The lowest BCUT2D eigenvalue weighted by Crippen LogP contribution is -2.48. The van der Waals surface area contributed by atoms with E-state index in [1.165, 1.54) is 24.3 Å². The second-order valence-corrected chi connectivity index (χ2v) is 7.88. The lowest BCUT2D eigenvalue weighted by Gasteiger charge is -2.24. The largest absolute Gasteiger partial charge is 0.336 e. The van der Waals surface area contributed by atoms with Gasteiger partial charge in [-0.1, -0.05) is 53.0 Å². The summed E-state index contributed by atoms with van der Waals surface area (Å²) in [5.41, 5.74) is 0. The van der Waals surface area contributed by atoms with Crippen LogP contribution in [-0.4, -0.2) is 23.5 Å². The van der Waals surface area contributed by atoms with Crippen molar-refractivity contribution < 1.29 is 13.2 Å². The summed E-state index contributed by atoms with van der Waals surface area (Å²) in [6, 6.07) is 7.45. The van der Waals surface area contributed by atoms with Crippen LogP contribution in [0.3, 0.4) is 0 Å². The van der Waals surface area contributed by atoms with Crippen molar-refractivity contribution in [3.63, 3.8) is 0 Å². The molecule has 18 heavy (non-hydrogen) atoms. The van der Waals surface area contributed by atoms with E-state index in [1.807, 2.05) is 0 Å². The quantitative estimate of drug-likeness (QED) is 0.865. The molecule has 4 nitrogen and oxygen atoms in total. The smallest absolute Gasteiger partial charge is 0.225 e. The number of benzene rings is 1. The highest BCUT2D eigenvalue weighted by molar-refractivity contribution is 7.92. The summed E-state index contributed by atoms with van der Waals surface area (Å²) in [7, 11) is -3.98. The van der Waals surface area contributed by atoms with Crippen molar-refractivity contribution in [3.05, 3.63) is 30.3 Å². The molecule has 8 heteroatoms. The number of rotatable bonds is 3. The minimum Gasteiger partial charge on any atom is -0.336 e. The van der Waals surface area contributed by atoms with Crippen LogP contribution in [0.15, 0.2) is 35.2 Å². The molecule has 0 unspecified atom stereocenters. The Balaban J connectivity index is 3.25. The van der Waals surface area contributed by atoms with Gasteiger partial charge in [0.05, 0.1) is 4.90 Å². The van der Waals surface area contributed by atoms with Gasteiger partial charge in [-0.2, -0.15) is 0 Å². The summed E-state index contributed by atoms with van der Waals surface area (Å²) in [6.07, 6.45) is 0. The Kier molecular flexibility index (Phi) is 4.89. The first-order valence-corrected chi connectivity index (χ1v) is 7.46. The predicted octanol–water partition coefficient (Wildman–Crippen LogP) is 2.29. The Bertz CT molecular complexity index is 525. The molecule has 1 amide bonds. The van der Waals surface area contributed by atoms with Gasteiger partial charge in [0.2, 0.25) is 19.5 Å². The van der Waals surface area contributed by atoms with Crippen molar-refractivity contribution in [2.45, 2.75) is 21.0 Å². The summed E-state index contributed by atoms with van der Waals surface area (Å²) in [5, 5.41) is 0.492. The Hall–Kier alpha value is -0.490. The first-order valence-electron chi connectivity index (χ1n) is 4.78. The molecule has 1 atom stereocenters. The van der Waals surface area contributed by atoms with Crippen LogP contribution >= 0.6 is 34.8 Å². The highest BCUT2D eigenvalue weighted by Gasteiger charge is 2.44. The van der Waals surface area contributed by atoms with Gasteiger partial charge in [-0.15, -0.1) is 0 Å². The third kappa shape index (κ3) is 3.75. The van der Waals surface area contributed by atoms with Gasteiger partial charge < -0.3 is 5.32 Å². The second kappa shape index (κ2) is 5.65. The van der Waals surface area contributed by atoms with E-state index in [-0.39, 0.29) is 4.90 Å². The summed E-state index contributed by atoms with van der Waals surface area (Å²) >= 11 is 16.8. The fraction of sp³-hybridized carbons (Fsp3) is 0.300. The molecule has 0 saturated carbocycles. The van der Waals surface area contributed by atoms with Crippen molar-refractivity contribution in [1.82, 2.24) is 5.32 Å². The Labute approximate surface area is 120 Å². The van der Waals surface area contributed by atoms with Gasteiger partial charge in [-0.25, -0.2) is 8.42 Å². The van der Waals surface area contributed by atoms with E-state index >= 15 is 0 Å². The lowest BCUT2D eigenvalue weighted by molar-refractivity contribution is -0.119. The standard InChI is InChI=1S/C10H10Cl3NO3S/c1-7(15)14-9(10(11,12)13)18(16,17)8-5-3-2-4-6-8/h2-6,9H,1H3,(H,14,15)/t9-/m1/s1. The van der Waals surface area contributed by atoms with Crippen LogP contribution < -0.4 is 5.32 Å². The lowest BCUT2D eigenvalue weighted by atomic mass is 10.4. The zero-order chi connectivity index (χ0) is 14.0.